The summed E-state index contributed by atoms with van der Waals surface area (Å²) in [4.78, 5) is 32.7. The molecule has 0 radical (unpaired) electrons. The number of amides is 2. The minimum Gasteiger partial charge on any atom is -0.378 e. The molecule has 6 nitrogen and oxygen atoms in total. The summed E-state index contributed by atoms with van der Waals surface area (Å²) >= 11 is 0. The highest BCUT2D eigenvalue weighted by atomic mass is 16.2. The Balaban J connectivity index is 1.87. The van der Waals surface area contributed by atoms with Crippen molar-refractivity contribution < 1.29 is 9.59 Å². The van der Waals surface area contributed by atoms with Crippen LogP contribution in [0.1, 0.15) is 24.2 Å². The molecule has 0 aliphatic carbocycles. The van der Waals surface area contributed by atoms with Gasteiger partial charge in [0, 0.05) is 64.6 Å². The Morgan fingerprint density at radius 2 is 1.52 bits per heavy atom. The summed E-state index contributed by atoms with van der Waals surface area (Å²) in [6.07, 6.45) is 0. The quantitative estimate of drug-likeness (QED) is 0.781. The van der Waals surface area contributed by atoms with Crippen molar-refractivity contribution in [1.29, 1.82) is 0 Å². The average Bonchev–Trinajstić information content (AvgIpc) is 2.63. The van der Waals surface area contributed by atoms with Crippen molar-refractivity contribution >= 4 is 17.5 Å². The lowest BCUT2D eigenvalue weighted by molar-refractivity contribution is -0.132. The number of anilines is 1. The minimum atomic E-state index is 0.0695. The van der Waals surface area contributed by atoms with Gasteiger partial charge in [-0.15, -0.1) is 0 Å². The van der Waals surface area contributed by atoms with Crippen molar-refractivity contribution in [2.75, 3.05) is 64.8 Å². The Morgan fingerprint density at radius 1 is 0.960 bits per heavy atom. The van der Waals surface area contributed by atoms with Gasteiger partial charge in [-0.25, -0.2) is 0 Å². The highest BCUT2D eigenvalue weighted by molar-refractivity contribution is 5.94. The van der Waals surface area contributed by atoms with Crippen LogP contribution in [0.3, 0.4) is 0 Å². The summed E-state index contributed by atoms with van der Waals surface area (Å²) in [5.41, 5.74) is 1.80. The van der Waals surface area contributed by atoms with Crippen LogP contribution in [0.15, 0.2) is 24.3 Å². The lowest BCUT2D eigenvalue weighted by Crippen LogP contribution is -2.51. The molecule has 0 unspecified atom stereocenters. The Kier molecular flexibility index (Phi) is 6.82. The summed E-state index contributed by atoms with van der Waals surface area (Å²) in [5, 5.41) is 0. The van der Waals surface area contributed by atoms with E-state index in [0.717, 1.165) is 37.4 Å². The van der Waals surface area contributed by atoms with E-state index in [-0.39, 0.29) is 11.8 Å². The molecule has 0 bridgehead atoms. The van der Waals surface area contributed by atoms with Crippen LogP contribution in [0.2, 0.25) is 0 Å². The molecule has 0 N–H and O–H groups in total. The highest BCUT2D eigenvalue weighted by Crippen LogP contribution is 2.15. The van der Waals surface area contributed by atoms with Gasteiger partial charge < -0.3 is 14.7 Å². The predicted octanol–water partition coefficient (Wildman–Crippen LogP) is 1.38. The van der Waals surface area contributed by atoms with Gasteiger partial charge in [0.1, 0.15) is 0 Å². The summed E-state index contributed by atoms with van der Waals surface area (Å²) in [7, 11) is 3.96. The number of rotatable bonds is 6. The van der Waals surface area contributed by atoms with Crippen molar-refractivity contribution in [2.24, 2.45) is 0 Å². The fourth-order valence-corrected chi connectivity index (χ4v) is 3.06. The fourth-order valence-electron chi connectivity index (χ4n) is 3.06. The van der Waals surface area contributed by atoms with E-state index >= 15 is 0 Å². The second-order valence-corrected chi connectivity index (χ2v) is 6.58. The molecule has 2 rings (SSSR count). The molecule has 1 aromatic rings. The monoisotopic (exact) mass is 346 g/mol. The van der Waals surface area contributed by atoms with Gasteiger partial charge in [-0.3, -0.25) is 14.5 Å². The summed E-state index contributed by atoms with van der Waals surface area (Å²) in [6.45, 7) is 8.76. The smallest absolute Gasteiger partial charge is 0.253 e. The van der Waals surface area contributed by atoms with Crippen molar-refractivity contribution in [1.82, 2.24) is 14.7 Å². The van der Waals surface area contributed by atoms with Crippen LogP contribution in [-0.4, -0.2) is 86.4 Å². The molecular formula is C19H30N4O2. The fraction of sp³-hybridized carbons (Fsp3) is 0.579. The molecule has 1 aliphatic rings. The van der Waals surface area contributed by atoms with Gasteiger partial charge in [0.2, 0.25) is 5.91 Å². The van der Waals surface area contributed by atoms with E-state index in [4.69, 9.17) is 0 Å². The van der Waals surface area contributed by atoms with Gasteiger partial charge in [-0.05, 0) is 38.1 Å². The number of likely N-dealkylation sites (N-methyl/N-ethyl adjacent to an activating group) is 1. The van der Waals surface area contributed by atoms with Crippen LogP contribution in [0, 0.1) is 0 Å². The Hall–Kier alpha value is -2.08. The zero-order valence-electron chi connectivity index (χ0n) is 15.9. The molecule has 2 amide bonds. The molecule has 1 heterocycles. The first-order chi connectivity index (χ1) is 12.0. The first-order valence-electron chi connectivity index (χ1n) is 9.03. The van der Waals surface area contributed by atoms with Crippen LogP contribution < -0.4 is 4.90 Å². The molecule has 1 aromatic carbocycles. The number of nitrogens with zero attached hydrogens (tertiary/aromatic N) is 4. The molecule has 138 valence electrons. The third kappa shape index (κ3) is 4.95. The summed E-state index contributed by atoms with van der Waals surface area (Å²) < 4.78 is 0. The predicted molar refractivity (Wildman–Crippen MR) is 101 cm³/mol. The average molecular weight is 346 g/mol. The van der Waals surface area contributed by atoms with Crippen LogP contribution in [0.5, 0.6) is 0 Å². The Labute approximate surface area is 151 Å². The van der Waals surface area contributed by atoms with Gasteiger partial charge in [0.25, 0.3) is 5.91 Å². The maximum Gasteiger partial charge on any atom is 0.253 e. The van der Waals surface area contributed by atoms with E-state index in [1.807, 2.05) is 66.9 Å². The molecule has 0 spiro atoms. The van der Waals surface area contributed by atoms with E-state index in [2.05, 4.69) is 4.90 Å². The van der Waals surface area contributed by atoms with E-state index in [0.29, 0.717) is 19.6 Å². The van der Waals surface area contributed by atoms with Gasteiger partial charge in [-0.2, -0.15) is 0 Å². The zero-order chi connectivity index (χ0) is 18.4. The van der Waals surface area contributed by atoms with Gasteiger partial charge >= 0.3 is 0 Å². The number of piperazine rings is 1. The lowest BCUT2D eigenvalue weighted by atomic mass is 10.1. The molecular weight excluding hydrogens is 316 g/mol. The molecule has 0 atom stereocenters. The number of benzene rings is 1. The molecule has 6 heteroatoms. The van der Waals surface area contributed by atoms with E-state index in [1.54, 1.807) is 0 Å². The molecule has 0 saturated carbocycles. The van der Waals surface area contributed by atoms with E-state index in [9.17, 15) is 9.59 Å². The van der Waals surface area contributed by atoms with E-state index < -0.39 is 0 Å². The minimum absolute atomic E-state index is 0.0695. The number of hydrogen-bond acceptors (Lipinski definition) is 4. The van der Waals surface area contributed by atoms with Crippen LogP contribution in [-0.2, 0) is 4.79 Å². The number of carbonyl (C=O) groups is 2. The van der Waals surface area contributed by atoms with Crippen molar-refractivity contribution in [3.8, 4) is 0 Å². The normalized spacial score (nSPS) is 15.1. The largest absolute Gasteiger partial charge is 0.378 e. The van der Waals surface area contributed by atoms with Crippen LogP contribution in [0.25, 0.3) is 0 Å². The maximum atomic E-state index is 12.6. The molecule has 1 saturated heterocycles. The van der Waals surface area contributed by atoms with E-state index in [1.165, 1.54) is 0 Å². The second-order valence-electron chi connectivity index (χ2n) is 6.58. The third-order valence-corrected chi connectivity index (χ3v) is 4.77. The van der Waals surface area contributed by atoms with Crippen molar-refractivity contribution in [3.63, 3.8) is 0 Å². The highest BCUT2D eigenvalue weighted by Gasteiger charge is 2.24. The first kappa shape index (κ1) is 19.2. The summed E-state index contributed by atoms with van der Waals surface area (Å²) in [6, 6.07) is 7.69. The standard InChI is InChI=1S/C19H30N4O2/c1-5-22(6-2)18(24)15-21-11-13-23(14-12-21)19(25)16-7-9-17(10-8-16)20(3)4/h7-10H,5-6,11-15H2,1-4H3. The SMILES string of the molecule is CCN(CC)C(=O)CN1CCN(C(=O)c2ccc(N(C)C)cc2)CC1. The van der Waals surface area contributed by atoms with Crippen molar-refractivity contribution in [2.45, 2.75) is 13.8 Å². The maximum absolute atomic E-state index is 12.6. The van der Waals surface area contributed by atoms with Crippen LogP contribution >= 0.6 is 0 Å². The Morgan fingerprint density at radius 3 is 2.00 bits per heavy atom. The molecule has 1 fully saturated rings. The molecule has 1 aliphatic heterocycles. The number of carbonyl (C=O) groups excluding carboxylic acids is 2. The molecule has 25 heavy (non-hydrogen) atoms. The van der Waals surface area contributed by atoms with Gasteiger partial charge in [0.05, 0.1) is 6.54 Å². The lowest BCUT2D eigenvalue weighted by Gasteiger charge is -2.35. The van der Waals surface area contributed by atoms with Crippen molar-refractivity contribution in [3.05, 3.63) is 29.8 Å². The first-order valence-corrected chi connectivity index (χ1v) is 9.03. The zero-order valence-corrected chi connectivity index (χ0v) is 15.9. The van der Waals surface area contributed by atoms with Crippen LogP contribution in [0.4, 0.5) is 5.69 Å². The third-order valence-electron chi connectivity index (χ3n) is 4.77. The van der Waals surface area contributed by atoms with Gasteiger partial charge in [-0.1, -0.05) is 0 Å². The number of hydrogen-bond donors (Lipinski definition) is 0. The Bertz CT molecular complexity index is 574. The molecule has 0 aromatic heterocycles. The summed E-state index contributed by atoms with van der Waals surface area (Å²) in [5.74, 6) is 0.240. The topological polar surface area (TPSA) is 47.1 Å². The van der Waals surface area contributed by atoms with Gasteiger partial charge in [0.15, 0.2) is 0 Å². The second kappa shape index (κ2) is 8.85.